The SMILES string of the molecule is COCCC(C)(O)c1cc(F)cc(F)c1. The molecule has 0 saturated carbocycles. The van der Waals surface area contributed by atoms with E-state index in [0.717, 1.165) is 18.2 Å². The minimum Gasteiger partial charge on any atom is -0.385 e. The number of rotatable bonds is 4. The number of benzene rings is 1. The van der Waals surface area contributed by atoms with E-state index >= 15 is 0 Å². The van der Waals surface area contributed by atoms with Crippen LogP contribution >= 0.6 is 0 Å². The third-order valence-electron chi connectivity index (χ3n) is 2.28. The smallest absolute Gasteiger partial charge is 0.126 e. The fraction of sp³-hybridized carbons (Fsp3) is 0.455. The van der Waals surface area contributed by atoms with Gasteiger partial charge in [0.15, 0.2) is 0 Å². The molecule has 0 fully saturated rings. The Bertz CT molecular complexity index is 317. The van der Waals surface area contributed by atoms with Crippen molar-refractivity contribution in [2.45, 2.75) is 18.9 Å². The van der Waals surface area contributed by atoms with Gasteiger partial charge in [0, 0.05) is 26.2 Å². The molecule has 0 aliphatic carbocycles. The number of ether oxygens (including phenoxy) is 1. The van der Waals surface area contributed by atoms with Crippen LogP contribution in [0.15, 0.2) is 18.2 Å². The Balaban J connectivity index is 2.93. The van der Waals surface area contributed by atoms with Gasteiger partial charge in [0.1, 0.15) is 11.6 Å². The molecule has 0 aliphatic heterocycles. The molecule has 1 unspecified atom stereocenters. The number of halogens is 2. The van der Waals surface area contributed by atoms with Crippen molar-refractivity contribution in [2.75, 3.05) is 13.7 Å². The molecule has 0 radical (unpaired) electrons. The van der Waals surface area contributed by atoms with Crippen molar-refractivity contribution in [1.29, 1.82) is 0 Å². The maximum absolute atomic E-state index is 12.9. The normalized spacial score (nSPS) is 15.0. The van der Waals surface area contributed by atoms with Gasteiger partial charge in [-0.15, -0.1) is 0 Å². The molecule has 84 valence electrons. The predicted molar refractivity (Wildman–Crippen MR) is 52.4 cm³/mol. The largest absolute Gasteiger partial charge is 0.385 e. The summed E-state index contributed by atoms with van der Waals surface area (Å²) in [7, 11) is 1.50. The van der Waals surface area contributed by atoms with Gasteiger partial charge in [-0.3, -0.25) is 0 Å². The summed E-state index contributed by atoms with van der Waals surface area (Å²) in [4.78, 5) is 0. The van der Waals surface area contributed by atoms with E-state index in [1.54, 1.807) is 0 Å². The lowest BCUT2D eigenvalue weighted by Crippen LogP contribution is -2.23. The zero-order chi connectivity index (χ0) is 11.5. The molecule has 0 aliphatic rings. The van der Waals surface area contributed by atoms with Gasteiger partial charge in [0.05, 0.1) is 5.60 Å². The van der Waals surface area contributed by atoms with Crippen LogP contribution in [0.2, 0.25) is 0 Å². The second-order valence-corrected chi connectivity index (χ2v) is 3.67. The maximum atomic E-state index is 12.9. The zero-order valence-corrected chi connectivity index (χ0v) is 8.76. The highest BCUT2D eigenvalue weighted by Crippen LogP contribution is 2.25. The number of hydrogen-bond donors (Lipinski definition) is 1. The first-order valence-electron chi connectivity index (χ1n) is 4.63. The van der Waals surface area contributed by atoms with Crippen molar-refractivity contribution >= 4 is 0 Å². The van der Waals surface area contributed by atoms with Gasteiger partial charge in [-0.05, 0) is 24.6 Å². The van der Waals surface area contributed by atoms with Gasteiger partial charge in [0.25, 0.3) is 0 Å². The van der Waals surface area contributed by atoms with E-state index in [2.05, 4.69) is 0 Å². The molecule has 0 amide bonds. The Kier molecular flexibility index (Phi) is 3.77. The average Bonchev–Trinajstić information content (AvgIpc) is 2.13. The Labute approximate surface area is 87.5 Å². The van der Waals surface area contributed by atoms with Crippen molar-refractivity contribution in [3.05, 3.63) is 35.4 Å². The topological polar surface area (TPSA) is 29.5 Å². The van der Waals surface area contributed by atoms with Gasteiger partial charge in [-0.1, -0.05) is 0 Å². The molecule has 1 atom stereocenters. The van der Waals surface area contributed by atoms with Crippen LogP contribution in [0, 0.1) is 11.6 Å². The molecule has 0 saturated heterocycles. The average molecular weight is 216 g/mol. The fourth-order valence-corrected chi connectivity index (χ4v) is 1.31. The standard InChI is InChI=1S/C11H14F2O2/c1-11(14,3-4-15-2)8-5-9(12)7-10(13)6-8/h5-7,14H,3-4H2,1-2H3. The monoisotopic (exact) mass is 216 g/mol. The van der Waals surface area contributed by atoms with E-state index in [4.69, 9.17) is 4.74 Å². The van der Waals surface area contributed by atoms with Crippen molar-refractivity contribution in [1.82, 2.24) is 0 Å². The van der Waals surface area contributed by atoms with E-state index in [0.29, 0.717) is 6.61 Å². The van der Waals surface area contributed by atoms with Crippen LogP contribution in [0.1, 0.15) is 18.9 Å². The van der Waals surface area contributed by atoms with Crippen LogP contribution in [0.25, 0.3) is 0 Å². The highest BCUT2D eigenvalue weighted by atomic mass is 19.1. The highest BCUT2D eigenvalue weighted by molar-refractivity contribution is 5.23. The van der Waals surface area contributed by atoms with Crippen LogP contribution in [0.5, 0.6) is 0 Å². The summed E-state index contributed by atoms with van der Waals surface area (Å²) in [5.41, 5.74) is -1.06. The van der Waals surface area contributed by atoms with Gasteiger partial charge in [-0.2, -0.15) is 0 Å². The Morgan fingerprint density at radius 3 is 2.27 bits per heavy atom. The lowest BCUT2D eigenvalue weighted by Gasteiger charge is -2.23. The van der Waals surface area contributed by atoms with Gasteiger partial charge < -0.3 is 9.84 Å². The zero-order valence-electron chi connectivity index (χ0n) is 8.76. The molecular formula is C11H14F2O2. The first-order chi connectivity index (χ1) is 6.95. The second-order valence-electron chi connectivity index (χ2n) is 3.67. The molecule has 1 rings (SSSR count). The molecule has 1 N–H and O–H groups in total. The lowest BCUT2D eigenvalue weighted by atomic mass is 9.93. The van der Waals surface area contributed by atoms with E-state index in [-0.39, 0.29) is 12.0 Å². The van der Waals surface area contributed by atoms with Crippen molar-refractivity contribution in [3.63, 3.8) is 0 Å². The highest BCUT2D eigenvalue weighted by Gasteiger charge is 2.23. The predicted octanol–water partition coefficient (Wildman–Crippen LogP) is 2.21. The molecule has 2 nitrogen and oxygen atoms in total. The Hall–Kier alpha value is -1.00. The molecule has 15 heavy (non-hydrogen) atoms. The minimum atomic E-state index is -1.28. The number of aliphatic hydroxyl groups is 1. The summed E-state index contributed by atoms with van der Waals surface area (Å²) in [6.45, 7) is 1.82. The molecule has 1 aromatic rings. The molecule has 1 aromatic carbocycles. The van der Waals surface area contributed by atoms with Crippen LogP contribution in [-0.4, -0.2) is 18.8 Å². The Morgan fingerprint density at radius 1 is 1.27 bits per heavy atom. The van der Waals surface area contributed by atoms with E-state index in [9.17, 15) is 13.9 Å². The van der Waals surface area contributed by atoms with E-state index < -0.39 is 17.2 Å². The van der Waals surface area contributed by atoms with Crippen LogP contribution < -0.4 is 0 Å². The van der Waals surface area contributed by atoms with Crippen LogP contribution in [0.3, 0.4) is 0 Å². The van der Waals surface area contributed by atoms with E-state index in [1.807, 2.05) is 0 Å². The minimum absolute atomic E-state index is 0.219. The van der Waals surface area contributed by atoms with Gasteiger partial charge >= 0.3 is 0 Å². The number of methoxy groups -OCH3 is 1. The summed E-state index contributed by atoms with van der Waals surface area (Å²) in [5, 5.41) is 9.95. The van der Waals surface area contributed by atoms with Crippen molar-refractivity contribution < 1.29 is 18.6 Å². The number of hydrogen-bond acceptors (Lipinski definition) is 2. The van der Waals surface area contributed by atoms with Gasteiger partial charge in [-0.25, -0.2) is 8.78 Å². The van der Waals surface area contributed by atoms with Crippen molar-refractivity contribution in [2.24, 2.45) is 0 Å². The summed E-state index contributed by atoms with van der Waals surface area (Å²) in [6, 6.07) is 3.02. The molecule has 0 spiro atoms. The molecule has 4 heteroatoms. The maximum Gasteiger partial charge on any atom is 0.126 e. The van der Waals surface area contributed by atoms with Crippen molar-refractivity contribution in [3.8, 4) is 0 Å². The van der Waals surface area contributed by atoms with E-state index in [1.165, 1.54) is 14.0 Å². The first kappa shape index (κ1) is 12.1. The first-order valence-corrected chi connectivity index (χ1v) is 4.63. The molecular weight excluding hydrogens is 202 g/mol. The third-order valence-corrected chi connectivity index (χ3v) is 2.28. The molecule has 0 aromatic heterocycles. The fourth-order valence-electron chi connectivity index (χ4n) is 1.31. The summed E-state index contributed by atoms with van der Waals surface area (Å²) in [6.07, 6.45) is 0.284. The third kappa shape index (κ3) is 3.25. The quantitative estimate of drug-likeness (QED) is 0.836. The second kappa shape index (κ2) is 4.68. The lowest BCUT2D eigenvalue weighted by molar-refractivity contribution is 0.0205. The van der Waals surface area contributed by atoms with Gasteiger partial charge in [0.2, 0.25) is 0 Å². The summed E-state index contributed by atoms with van der Waals surface area (Å²) >= 11 is 0. The molecule has 0 bridgehead atoms. The summed E-state index contributed by atoms with van der Waals surface area (Å²) in [5.74, 6) is -1.38. The Morgan fingerprint density at radius 2 is 1.80 bits per heavy atom. The van der Waals surface area contributed by atoms with Crippen LogP contribution in [0.4, 0.5) is 8.78 Å². The summed E-state index contributed by atoms with van der Waals surface area (Å²) < 4.78 is 30.6. The molecule has 0 heterocycles. The van der Waals surface area contributed by atoms with Crippen LogP contribution in [-0.2, 0) is 10.3 Å².